The molecule has 25 heavy (non-hydrogen) atoms. The average Bonchev–Trinajstić information content (AvgIpc) is 3.15. The normalized spacial score (nSPS) is 14.1. The van der Waals surface area contributed by atoms with Crippen LogP contribution in [0.15, 0.2) is 29.1 Å². The number of carbonyl (C=O) groups is 1. The molecule has 1 aliphatic heterocycles. The molecule has 0 amide bonds. The maximum Gasteiger partial charge on any atom is 0.258 e. The minimum atomic E-state index is -0.102. The molecule has 0 spiro atoms. The van der Waals surface area contributed by atoms with Crippen molar-refractivity contribution in [3.8, 4) is 22.8 Å². The zero-order valence-electron chi connectivity index (χ0n) is 14.1. The lowest BCUT2D eigenvalue weighted by Crippen LogP contribution is -2.20. The van der Waals surface area contributed by atoms with Gasteiger partial charge in [0, 0.05) is 28.9 Å². The number of fused-ring (bicyclic) bond motifs is 6. The van der Waals surface area contributed by atoms with E-state index in [-0.39, 0.29) is 18.1 Å². The van der Waals surface area contributed by atoms with E-state index in [1.807, 2.05) is 26.0 Å². The maximum absolute atomic E-state index is 13.1. The summed E-state index contributed by atoms with van der Waals surface area (Å²) in [6.07, 6.45) is 0. The molecule has 0 saturated carbocycles. The predicted octanol–water partition coefficient (Wildman–Crippen LogP) is 3.10. The van der Waals surface area contributed by atoms with E-state index in [0.29, 0.717) is 39.1 Å². The summed E-state index contributed by atoms with van der Waals surface area (Å²) in [5.41, 5.74) is 4.51. The van der Waals surface area contributed by atoms with E-state index in [1.54, 1.807) is 23.7 Å². The monoisotopic (exact) mass is 333 g/mol. The molecule has 0 fully saturated rings. The number of ketones is 1. The molecule has 0 saturated heterocycles. The highest BCUT2D eigenvalue weighted by molar-refractivity contribution is 6.27. The largest absolute Gasteiger partial charge is 0.454 e. The SMILES string of the molecule is Cc1cc2c3c(n(C)c(=O)c2cc1C)-c1cc2c(cc1C3=O)OCO2. The molecule has 1 aliphatic carbocycles. The van der Waals surface area contributed by atoms with Gasteiger partial charge in [-0.25, -0.2) is 0 Å². The molecule has 0 atom stereocenters. The third-order valence-electron chi connectivity index (χ3n) is 5.25. The molecule has 3 aromatic rings. The van der Waals surface area contributed by atoms with E-state index in [4.69, 9.17) is 9.47 Å². The average molecular weight is 333 g/mol. The Hall–Kier alpha value is -3.08. The van der Waals surface area contributed by atoms with E-state index in [1.165, 1.54) is 0 Å². The number of hydrogen-bond donors (Lipinski definition) is 0. The van der Waals surface area contributed by atoms with E-state index in [2.05, 4.69) is 0 Å². The number of rotatable bonds is 0. The van der Waals surface area contributed by atoms with Crippen molar-refractivity contribution >= 4 is 16.6 Å². The second-order valence-electron chi connectivity index (χ2n) is 6.65. The maximum atomic E-state index is 13.1. The molecule has 0 unspecified atom stereocenters. The number of hydrogen-bond acceptors (Lipinski definition) is 4. The lowest BCUT2D eigenvalue weighted by molar-refractivity contribution is 0.104. The Morgan fingerprint density at radius 1 is 0.880 bits per heavy atom. The summed E-state index contributed by atoms with van der Waals surface area (Å²) in [6, 6.07) is 7.33. The van der Waals surface area contributed by atoms with Crippen molar-refractivity contribution in [3.05, 3.63) is 56.9 Å². The van der Waals surface area contributed by atoms with Gasteiger partial charge in [-0.2, -0.15) is 0 Å². The van der Waals surface area contributed by atoms with E-state index >= 15 is 0 Å². The van der Waals surface area contributed by atoms with Crippen LogP contribution in [0.1, 0.15) is 27.0 Å². The summed E-state index contributed by atoms with van der Waals surface area (Å²) in [7, 11) is 1.71. The molecule has 124 valence electrons. The van der Waals surface area contributed by atoms with Crippen LogP contribution in [0, 0.1) is 13.8 Å². The Labute approximate surface area is 143 Å². The summed E-state index contributed by atoms with van der Waals surface area (Å²) >= 11 is 0. The van der Waals surface area contributed by atoms with E-state index in [9.17, 15) is 9.59 Å². The van der Waals surface area contributed by atoms with Gasteiger partial charge in [0.25, 0.3) is 5.56 Å². The van der Waals surface area contributed by atoms with Gasteiger partial charge in [-0.3, -0.25) is 9.59 Å². The summed E-state index contributed by atoms with van der Waals surface area (Å²) < 4.78 is 12.4. The standard InChI is InChI=1S/C20H15NO4/c1-9-4-11-14(5-10(9)2)20(23)21(3)18-12-6-15-16(25-8-24-15)7-13(12)19(22)17(11)18/h4-7H,8H2,1-3H3. The van der Waals surface area contributed by atoms with Crippen LogP contribution in [0.25, 0.3) is 22.0 Å². The fraction of sp³-hybridized carbons (Fsp3) is 0.200. The second-order valence-corrected chi connectivity index (χ2v) is 6.65. The number of benzene rings is 2. The molecule has 0 radical (unpaired) electrons. The third-order valence-corrected chi connectivity index (χ3v) is 5.25. The van der Waals surface area contributed by atoms with Crippen molar-refractivity contribution in [3.63, 3.8) is 0 Å². The number of pyridine rings is 1. The van der Waals surface area contributed by atoms with Gasteiger partial charge in [0.1, 0.15) is 0 Å². The smallest absolute Gasteiger partial charge is 0.258 e. The summed E-state index contributed by atoms with van der Waals surface area (Å²) in [5, 5.41) is 1.29. The lowest BCUT2D eigenvalue weighted by atomic mass is 9.98. The zero-order valence-corrected chi connectivity index (χ0v) is 14.1. The highest BCUT2D eigenvalue weighted by atomic mass is 16.7. The second kappa shape index (κ2) is 4.51. The van der Waals surface area contributed by atoms with E-state index in [0.717, 1.165) is 16.7 Å². The summed E-state index contributed by atoms with van der Waals surface area (Å²) in [5.74, 6) is 1.10. The fourth-order valence-corrected chi connectivity index (χ4v) is 3.78. The van der Waals surface area contributed by atoms with Gasteiger partial charge in [-0.1, -0.05) is 6.07 Å². The Balaban J connectivity index is 1.96. The fourth-order valence-electron chi connectivity index (χ4n) is 3.78. The van der Waals surface area contributed by atoms with Crippen molar-refractivity contribution in [2.45, 2.75) is 13.8 Å². The highest BCUT2D eigenvalue weighted by Gasteiger charge is 2.34. The first-order valence-electron chi connectivity index (χ1n) is 8.10. The van der Waals surface area contributed by atoms with Crippen molar-refractivity contribution in [2.24, 2.45) is 7.05 Å². The molecule has 5 heteroatoms. The molecule has 2 aliphatic rings. The van der Waals surface area contributed by atoms with Crippen LogP contribution < -0.4 is 15.0 Å². The number of ether oxygens (including phenoxy) is 2. The molecule has 0 N–H and O–H groups in total. The van der Waals surface area contributed by atoms with Crippen LogP contribution in [0.4, 0.5) is 0 Å². The van der Waals surface area contributed by atoms with Crippen LogP contribution in [0.3, 0.4) is 0 Å². The minimum Gasteiger partial charge on any atom is -0.454 e. The van der Waals surface area contributed by atoms with E-state index < -0.39 is 0 Å². The molecule has 2 heterocycles. The molecule has 0 bridgehead atoms. The van der Waals surface area contributed by atoms with Crippen LogP contribution in [0.2, 0.25) is 0 Å². The van der Waals surface area contributed by atoms with Crippen LogP contribution in [-0.2, 0) is 7.05 Å². The van der Waals surface area contributed by atoms with Crippen LogP contribution in [0.5, 0.6) is 11.5 Å². The molecule has 5 rings (SSSR count). The molecule has 5 nitrogen and oxygen atoms in total. The Morgan fingerprint density at radius 2 is 1.48 bits per heavy atom. The van der Waals surface area contributed by atoms with Gasteiger partial charge in [-0.05, 0) is 43.2 Å². The zero-order chi connectivity index (χ0) is 17.5. The number of carbonyl (C=O) groups excluding carboxylic acids is 1. The van der Waals surface area contributed by atoms with Gasteiger partial charge >= 0.3 is 0 Å². The topological polar surface area (TPSA) is 57.5 Å². The van der Waals surface area contributed by atoms with Gasteiger partial charge in [-0.15, -0.1) is 0 Å². The van der Waals surface area contributed by atoms with Gasteiger partial charge in [0.15, 0.2) is 17.3 Å². The van der Waals surface area contributed by atoms with Crippen molar-refractivity contribution in [2.75, 3.05) is 6.79 Å². The lowest BCUT2D eigenvalue weighted by Gasteiger charge is -2.12. The number of nitrogens with zero attached hydrogens (tertiary/aromatic N) is 1. The molecule has 1 aromatic heterocycles. The first-order valence-corrected chi connectivity index (χ1v) is 8.10. The summed E-state index contributed by atoms with van der Waals surface area (Å²) in [4.78, 5) is 26.0. The van der Waals surface area contributed by atoms with Gasteiger partial charge in [0.05, 0.1) is 11.3 Å². The first-order chi connectivity index (χ1) is 12.0. The first kappa shape index (κ1) is 14.3. The van der Waals surface area contributed by atoms with Crippen molar-refractivity contribution in [1.82, 2.24) is 4.57 Å². The number of aryl methyl sites for hydroxylation is 2. The predicted molar refractivity (Wildman–Crippen MR) is 93.7 cm³/mol. The van der Waals surface area contributed by atoms with Gasteiger partial charge < -0.3 is 14.0 Å². The third kappa shape index (κ3) is 1.67. The van der Waals surface area contributed by atoms with Crippen molar-refractivity contribution < 1.29 is 14.3 Å². The van der Waals surface area contributed by atoms with Crippen LogP contribution in [-0.4, -0.2) is 17.1 Å². The Bertz CT molecular complexity index is 1190. The van der Waals surface area contributed by atoms with Gasteiger partial charge in [0.2, 0.25) is 6.79 Å². The molecule has 2 aromatic carbocycles. The van der Waals surface area contributed by atoms with Crippen molar-refractivity contribution in [1.29, 1.82) is 0 Å². The quantitative estimate of drug-likeness (QED) is 0.496. The Kier molecular flexibility index (Phi) is 2.57. The van der Waals surface area contributed by atoms with Crippen LogP contribution >= 0.6 is 0 Å². The molecular formula is C20H15NO4. The Morgan fingerprint density at radius 3 is 2.16 bits per heavy atom. The highest BCUT2D eigenvalue weighted by Crippen LogP contribution is 2.45. The summed E-state index contributed by atoms with van der Waals surface area (Å²) in [6.45, 7) is 4.10. The molecular weight excluding hydrogens is 318 g/mol. The minimum absolute atomic E-state index is 0.0767. The number of aromatic nitrogens is 1.